The second-order valence-electron chi connectivity index (χ2n) is 9.22. The molecule has 0 spiro atoms. The number of ether oxygens (including phenoxy) is 1. The molecule has 38 heavy (non-hydrogen) atoms. The van der Waals surface area contributed by atoms with Crippen LogP contribution < -0.4 is 4.74 Å². The number of nitrogens with zero attached hydrogens (tertiary/aromatic N) is 3. The summed E-state index contributed by atoms with van der Waals surface area (Å²) in [6.07, 6.45) is 10.6. The average molecular weight is 513 g/mol. The van der Waals surface area contributed by atoms with Crippen LogP contribution in [-0.4, -0.2) is 46.7 Å². The highest BCUT2D eigenvalue weighted by Gasteiger charge is 2.15. The lowest BCUT2D eigenvalue weighted by molar-refractivity contribution is -0.123. The number of aromatic amines is 1. The zero-order valence-electron chi connectivity index (χ0n) is 22.1. The van der Waals surface area contributed by atoms with Crippen molar-refractivity contribution >= 4 is 28.0 Å². The van der Waals surface area contributed by atoms with E-state index >= 15 is 0 Å². The van der Waals surface area contributed by atoms with Crippen LogP contribution in [0.5, 0.6) is 5.75 Å². The van der Waals surface area contributed by atoms with E-state index in [1.165, 1.54) is 0 Å². The quantitative estimate of drug-likeness (QED) is 0.180. The van der Waals surface area contributed by atoms with Gasteiger partial charge in [0.2, 0.25) is 11.9 Å². The van der Waals surface area contributed by atoms with Gasteiger partial charge in [0.25, 0.3) is 0 Å². The summed E-state index contributed by atoms with van der Waals surface area (Å²) >= 11 is 0. The molecule has 2 heterocycles. The number of nitrogens with one attached hydrogen (secondary N) is 1. The van der Waals surface area contributed by atoms with E-state index in [0.717, 1.165) is 59.3 Å². The minimum atomic E-state index is -0.441. The van der Waals surface area contributed by atoms with Gasteiger partial charge in [-0.1, -0.05) is 37.3 Å². The molecule has 1 amide bonds. The largest absolute Gasteiger partial charge is 0.494 e. The molecule has 0 bridgehead atoms. The summed E-state index contributed by atoms with van der Waals surface area (Å²) in [5.74, 6) is 0.352. The number of carbonyl (C=O) groups is 1. The second-order valence-corrected chi connectivity index (χ2v) is 9.22. The van der Waals surface area contributed by atoms with Crippen molar-refractivity contribution in [3.63, 3.8) is 0 Å². The molecule has 6 nitrogen and oxygen atoms in total. The van der Waals surface area contributed by atoms with Crippen LogP contribution in [0.1, 0.15) is 49.3 Å². The van der Waals surface area contributed by atoms with Crippen LogP contribution in [0.2, 0.25) is 0 Å². The van der Waals surface area contributed by atoms with Gasteiger partial charge in [-0.05, 0) is 89.9 Å². The molecule has 4 rings (SSSR count). The van der Waals surface area contributed by atoms with Gasteiger partial charge in [-0.15, -0.1) is 0 Å². The summed E-state index contributed by atoms with van der Waals surface area (Å²) in [6, 6.07) is 17.7. The summed E-state index contributed by atoms with van der Waals surface area (Å²) in [7, 11) is 3.48. The van der Waals surface area contributed by atoms with E-state index in [2.05, 4.69) is 22.1 Å². The van der Waals surface area contributed by atoms with E-state index in [9.17, 15) is 9.18 Å². The lowest BCUT2D eigenvalue weighted by Gasteiger charge is -2.17. The Hall–Kier alpha value is -4.26. The Balaban J connectivity index is 1.53. The number of hydrogen-bond donors (Lipinski definition) is 1. The van der Waals surface area contributed by atoms with Gasteiger partial charge in [-0.25, -0.2) is 0 Å². The molecule has 0 saturated carbocycles. The SMILES string of the molecule is CC/C(=C(/c1ccc(OCCCC/C=C/C(=O)N(C)C)cc1)c1ccc2n[nH]c(F)c2c1)c1cccnc1. The lowest BCUT2D eigenvalue weighted by atomic mass is 9.88. The third-order valence-electron chi connectivity index (χ3n) is 6.34. The first kappa shape index (κ1) is 26.8. The van der Waals surface area contributed by atoms with E-state index in [1.807, 2.05) is 66.9 Å². The summed E-state index contributed by atoms with van der Waals surface area (Å²) < 4.78 is 20.3. The molecule has 0 aliphatic heterocycles. The summed E-state index contributed by atoms with van der Waals surface area (Å²) in [5, 5.41) is 6.92. The number of rotatable bonds is 11. The standard InChI is InChI=1S/C31H33FN4O2/c1-4-26(24-10-9-18-33-21-24)30(23-14-17-28-27(20-23)31(32)35-34-28)22-12-15-25(16-13-22)38-19-8-6-5-7-11-29(37)36(2)3/h7,9-18,20-21H,4-6,8,19H2,1-3H3,(H,34,35)/b11-7+,30-26+. The topological polar surface area (TPSA) is 71.1 Å². The Morgan fingerprint density at radius 1 is 1.05 bits per heavy atom. The van der Waals surface area contributed by atoms with Crippen molar-refractivity contribution in [1.82, 2.24) is 20.1 Å². The van der Waals surface area contributed by atoms with Crippen molar-refractivity contribution in [3.8, 4) is 5.75 Å². The van der Waals surface area contributed by atoms with Gasteiger partial charge in [-0.2, -0.15) is 9.49 Å². The molecule has 0 unspecified atom stereocenters. The molecular formula is C31H33FN4O2. The lowest BCUT2D eigenvalue weighted by Crippen LogP contribution is -2.18. The number of H-pyrrole nitrogens is 1. The van der Waals surface area contributed by atoms with Gasteiger partial charge in [0.15, 0.2) is 0 Å². The third-order valence-corrected chi connectivity index (χ3v) is 6.34. The van der Waals surface area contributed by atoms with Crippen molar-refractivity contribution in [1.29, 1.82) is 0 Å². The number of pyridine rings is 1. The molecule has 7 heteroatoms. The van der Waals surface area contributed by atoms with E-state index in [0.29, 0.717) is 17.5 Å². The predicted molar refractivity (Wildman–Crippen MR) is 150 cm³/mol. The van der Waals surface area contributed by atoms with Gasteiger partial charge in [0.05, 0.1) is 17.5 Å². The minimum Gasteiger partial charge on any atom is -0.494 e. The van der Waals surface area contributed by atoms with E-state index in [4.69, 9.17) is 4.74 Å². The van der Waals surface area contributed by atoms with Gasteiger partial charge in [0, 0.05) is 26.5 Å². The Morgan fingerprint density at radius 3 is 2.55 bits per heavy atom. The number of benzene rings is 2. The number of hydrogen-bond acceptors (Lipinski definition) is 4. The van der Waals surface area contributed by atoms with Gasteiger partial charge in [-0.3, -0.25) is 14.9 Å². The maximum atomic E-state index is 14.4. The molecule has 0 saturated heterocycles. The first-order valence-electron chi connectivity index (χ1n) is 12.9. The zero-order chi connectivity index (χ0) is 26.9. The van der Waals surface area contributed by atoms with Crippen LogP contribution >= 0.6 is 0 Å². The molecule has 1 N–H and O–H groups in total. The van der Waals surface area contributed by atoms with Crippen LogP contribution in [0.25, 0.3) is 22.0 Å². The molecule has 0 atom stereocenters. The van der Waals surface area contributed by atoms with Crippen molar-refractivity contribution < 1.29 is 13.9 Å². The molecule has 0 fully saturated rings. The fourth-order valence-electron chi connectivity index (χ4n) is 4.32. The molecule has 4 aromatic rings. The minimum absolute atomic E-state index is 0.000613. The molecule has 196 valence electrons. The van der Waals surface area contributed by atoms with Crippen molar-refractivity contribution in [2.24, 2.45) is 0 Å². The number of halogens is 1. The smallest absolute Gasteiger partial charge is 0.245 e. The van der Waals surface area contributed by atoms with E-state index < -0.39 is 5.95 Å². The highest BCUT2D eigenvalue weighted by molar-refractivity contribution is 6.00. The molecule has 0 aliphatic rings. The number of amides is 1. The van der Waals surface area contributed by atoms with Crippen molar-refractivity contribution in [2.75, 3.05) is 20.7 Å². The van der Waals surface area contributed by atoms with Crippen LogP contribution in [0.3, 0.4) is 0 Å². The van der Waals surface area contributed by atoms with Gasteiger partial charge in [0.1, 0.15) is 5.75 Å². The number of fused-ring (bicyclic) bond motifs is 1. The van der Waals surface area contributed by atoms with Crippen LogP contribution in [-0.2, 0) is 4.79 Å². The van der Waals surface area contributed by atoms with Crippen LogP contribution in [0, 0.1) is 5.95 Å². The molecule has 0 aliphatic carbocycles. The summed E-state index contributed by atoms with van der Waals surface area (Å²) in [5.41, 5.74) is 5.68. The van der Waals surface area contributed by atoms with Crippen molar-refractivity contribution in [2.45, 2.75) is 32.6 Å². The third kappa shape index (κ3) is 6.54. The first-order valence-corrected chi connectivity index (χ1v) is 12.9. The van der Waals surface area contributed by atoms with E-state index in [1.54, 1.807) is 31.3 Å². The number of aromatic nitrogens is 3. The van der Waals surface area contributed by atoms with Crippen LogP contribution in [0.15, 0.2) is 79.1 Å². The Labute approximate surface area is 222 Å². The molecule has 2 aromatic carbocycles. The Kier molecular flexibility index (Phi) is 9.03. The van der Waals surface area contributed by atoms with Gasteiger partial charge >= 0.3 is 0 Å². The van der Waals surface area contributed by atoms with Gasteiger partial charge < -0.3 is 9.64 Å². The van der Waals surface area contributed by atoms with Crippen molar-refractivity contribution in [3.05, 3.63) is 102 Å². The number of likely N-dealkylation sites (N-methyl/N-ethyl adjacent to an activating group) is 1. The molecule has 0 radical (unpaired) electrons. The van der Waals surface area contributed by atoms with Crippen LogP contribution in [0.4, 0.5) is 4.39 Å². The first-order chi connectivity index (χ1) is 18.5. The second kappa shape index (κ2) is 12.8. The fourth-order valence-corrected chi connectivity index (χ4v) is 4.32. The Morgan fingerprint density at radius 2 is 1.84 bits per heavy atom. The summed E-state index contributed by atoms with van der Waals surface area (Å²) in [6.45, 7) is 2.71. The van der Waals surface area contributed by atoms with E-state index in [-0.39, 0.29) is 5.91 Å². The number of carbonyl (C=O) groups excluding carboxylic acids is 1. The zero-order valence-corrected chi connectivity index (χ0v) is 22.1. The number of allylic oxidation sites excluding steroid dienone is 2. The molecule has 2 aromatic heterocycles. The number of unbranched alkanes of at least 4 members (excludes halogenated alkanes) is 2. The summed E-state index contributed by atoms with van der Waals surface area (Å²) in [4.78, 5) is 17.4. The normalized spacial score (nSPS) is 12.1. The average Bonchev–Trinajstić information content (AvgIpc) is 3.31. The highest BCUT2D eigenvalue weighted by Crippen LogP contribution is 2.36. The Bertz CT molecular complexity index is 1420. The maximum Gasteiger partial charge on any atom is 0.245 e. The highest BCUT2D eigenvalue weighted by atomic mass is 19.1. The monoisotopic (exact) mass is 512 g/mol. The predicted octanol–water partition coefficient (Wildman–Crippen LogP) is 6.66. The molecular weight excluding hydrogens is 479 g/mol. The maximum absolute atomic E-state index is 14.4. The fraction of sp³-hybridized carbons (Fsp3) is 0.258.